The van der Waals surface area contributed by atoms with E-state index in [-0.39, 0.29) is 24.5 Å². The minimum atomic E-state index is -0.115. The number of carbonyl (C=O) groups is 1. The Labute approximate surface area is 140 Å². The Kier molecular flexibility index (Phi) is 5.27. The van der Waals surface area contributed by atoms with Crippen molar-refractivity contribution in [1.29, 1.82) is 0 Å². The topological polar surface area (TPSA) is 85.4 Å². The molecule has 1 saturated heterocycles. The molecule has 3 heterocycles. The number of hydrogen-bond acceptors (Lipinski definition) is 6. The third-order valence-corrected chi connectivity index (χ3v) is 4.36. The van der Waals surface area contributed by atoms with Gasteiger partial charge >= 0.3 is 0 Å². The monoisotopic (exact) mass is 333 g/mol. The van der Waals surface area contributed by atoms with Gasteiger partial charge in [-0.2, -0.15) is 5.10 Å². The van der Waals surface area contributed by atoms with Crippen molar-refractivity contribution in [2.45, 2.75) is 25.5 Å². The maximum atomic E-state index is 12.1. The molecule has 24 heavy (non-hydrogen) atoms. The molecule has 1 N–H and O–H groups in total. The fourth-order valence-electron chi connectivity index (χ4n) is 3.13. The summed E-state index contributed by atoms with van der Waals surface area (Å²) in [5, 5.41) is 11.0. The van der Waals surface area contributed by atoms with Crippen LogP contribution in [0.1, 0.15) is 24.4 Å². The fourth-order valence-corrected chi connectivity index (χ4v) is 3.13. The summed E-state index contributed by atoms with van der Waals surface area (Å²) in [6.45, 7) is 5.03. The molecule has 1 aliphatic heterocycles. The first kappa shape index (κ1) is 16.7. The number of ether oxygens (including phenoxy) is 1. The third kappa shape index (κ3) is 3.65. The first-order valence-corrected chi connectivity index (χ1v) is 8.18. The van der Waals surface area contributed by atoms with Crippen LogP contribution < -0.4 is 5.32 Å². The van der Waals surface area contributed by atoms with Gasteiger partial charge in [-0.25, -0.2) is 0 Å². The molecule has 0 radical (unpaired) electrons. The molecule has 2 aromatic rings. The number of nitrogens with one attached hydrogen (secondary N) is 1. The van der Waals surface area contributed by atoms with E-state index in [4.69, 9.17) is 9.26 Å². The molecular weight excluding hydrogens is 310 g/mol. The average Bonchev–Trinajstić information content (AvgIpc) is 3.24. The van der Waals surface area contributed by atoms with Crippen molar-refractivity contribution >= 4 is 5.91 Å². The van der Waals surface area contributed by atoms with Gasteiger partial charge in [0.05, 0.1) is 36.6 Å². The number of aromatic nitrogens is 3. The lowest BCUT2D eigenvalue weighted by atomic mass is 10.0. The lowest BCUT2D eigenvalue weighted by Crippen LogP contribution is -2.50. The predicted molar refractivity (Wildman–Crippen MR) is 86.2 cm³/mol. The molecule has 0 aliphatic carbocycles. The van der Waals surface area contributed by atoms with E-state index in [0.29, 0.717) is 18.8 Å². The second-order valence-corrected chi connectivity index (χ2v) is 5.83. The van der Waals surface area contributed by atoms with Gasteiger partial charge in [0.15, 0.2) is 0 Å². The van der Waals surface area contributed by atoms with Crippen LogP contribution in [0.4, 0.5) is 0 Å². The quantitative estimate of drug-likeness (QED) is 0.830. The zero-order chi connectivity index (χ0) is 16.9. The molecule has 0 aromatic carbocycles. The second kappa shape index (κ2) is 7.59. The molecule has 0 spiro atoms. The number of rotatable bonds is 6. The molecule has 130 valence electrons. The molecule has 3 rings (SSSR count). The number of aryl methyl sites for hydroxylation is 1. The third-order valence-electron chi connectivity index (χ3n) is 4.36. The van der Waals surface area contributed by atoms with E-state index >= 15 is 0 Å². The van der Waals surface area contributed by atoms with Gasteiger partial charge in [-0.15, -0.1) is 0 Å². The molecular formula is C16H23N5O3. The van der Waals surface area contributed by atoms with E-state index < -0.39 is 0 Å². The van der Waals surface area contributed by atoms with Gasteiger partial charge in [-0.3, -0.25) is 14.4 Å². The summed E-state index contributed by atoms with van der Waals surface area (Å²) in [6.07, 6.45) is 3.34. The minimum absolute atomic E-state index is 0.0728. The van der Waals surface area contributed by atoms with Gasteiger partial charge in [-0.1, -0.05) is 12.1 Å². The molecule has 8 nitrogen and oxygen atoms in total. The van der Waals surface area contributed by atoms with Crippen molar-refractivity contribution in [2.24, 2.45) is 7.05 Å². The lowest BCUT2D eigenvalue weighted by molar-refractivity contribution is -0.122. The van der Waals surface area contributed by atoms with Gasteiger partial charge in [0.1, 0.15) is 6.26 Å². The van der Waals surface area contributed by atoms with Crippen LogP contribution in [0.25, 0.3) is 0 Å². The Morgan fingerprint density at radius 1 is 1.46 bits per heavy atom. The smallest absolute Gasteiger partial charge is 0.226 e. The molecule has 0 unspecified atom stereocenters. The Morgan fingerprint density at radius 3 is 3.00 bits per heavy atom. The number of morpholine rings is 1. The molecule has 1 aliphatic rings. The Hall–Kier alpha value is -2.19. The summed E-state index contributed by atoms with van der Waals surface area (Å²) in [5.41, 5.74) is 1.71. The number of nitrogens with zero attached hydrogens (tertiary/aromatic N) is 4. The van der Waals surface area contributed by atoms with E-state index in [2.05, 4.69) is 27.4 Å². The van der Waals surface area contributed by atoms with Crippen LogP contribution in [0.5, 0.6) is 0 Å². The lowest BCUT2D eigenvalue weighted by Gasteiger charge is -2.40. The SMILES string of the molecule is CCN1CCO[C@@H](CNC(=O)Cc2ccon2)[C@@H]1c1ccnn1C. The molecule has 2 atom stereocenters. The largest absolute Gasteiger partial charge is 0.373 e. The Balaban J connectivity index is 1.65. The van der Waals surface area contributed by atoms with Gasteiger partial charge in [0.25, 0.3) is 0 Å². The van der Waals surface area contributed by atoms with Crippen molar-refractivity contribution in [2.75, 3.05) is 26.2 Å². The van der Waals surface area contributed by atoms with Gasteiger partial charge < -0.3 is 14.6 Å². The zero-order valence-electron chi connectivity index (χ0n) is 14.0. The van der Waals surface area contributed by atoms with Crippen LogP contribution in [0.2, 0.25) is 0 Å². The van der Waals surface area contributed by atoms with Crippen LogP contribution in [-0.2, 0) is 23.0 Å². The molecule has 0 bridgehead atoms. The maximum absolute atomic E-state index is 12.1. The standard InChI is InChI=1S/C16H23N5O3/c1-3-21-7-9-23-14(16(21)13-4-6-18-20(13)2)11-17-15(22)10-12-5-8-24-19-12/h4-6,8,14,16H,3,7,9-11H2,1-2H3,(H,17,22)/t14-,16-/m0/s1. The van der Waals surface area contributed by atoms with Crippen LogP contribution in [0.3, 0.4) is 0 Å². The first-order valence-electron chi connectivity index (χ1n) is 8.18. The summed E-state index contributed by atoms with van der Waals surface area (Å²) in [4.78, 5) is 14.4. The van der Waals surface area contributed by atoms with Crippen LogP contribution >= 0.6 is 0 Å². The fraction of sp³-hybridized carbons (Fsp3) is 0.562. The van der Waals surface area contributed by atoms with Crippen molar-refractivity contribution < 1.29 is 14.1 Å². The highest BCUT2D eigenvalue weighted by Crippen LogP contribution is 2.28. The van der Waals surface area contributed by atoms with Crippen LogP contribution in [0.15, 0.2) is 29.1 Å². The Morgan fingerprint density at radius 2 is 2.33 bits per heavy atom. The van der Waals surface area contributed by atoms with E-state index in [1.807, 2.05) is 17.8 Å². The number of hydrogen-bond donors (Lipinski definition) is 1. The van der Waals surface area contributed by atoms with E-state index in [9.17, 15) is 4.79 Å². The van der Waals surface area contributed by atoms with Crippen molar-refractivity contribution in [3.05, 3.63) is 36.0 Å². The summed E-state index contributed by atoms with van der Waals surface area (Å²) in [6, 6.07) is 3.77. The highest BCUT2D eigenvalue weighted by Gasteiger charge is 2.34. The number of amides is 1. The number of carbonyl (C=O) groups excluding carboxylic acids is 1. The number of likely N-dealkylation sites (N-methyl/N-ethyl adjacent to an activating group) is 1. The van der Waals surface area contributed by atoms with Gasteiger partial charge in [0, 0.05) is 32.4 Å². The summed E-state index contributed by atoms with van der Waals surface area (Å²) >= 11 is 0. The van der Waals surface area contributed by atoms with Gasteiger partial charge in [-0.05, 0) is 12.6 Å². The summed E-state index contributed by atoms with van der Waals surface area (Å²) in [5.74, 6) is -0.0927. The maximum Gasteiger partial charge on any atom is 0.226 e. The summed E-state index contributed by atoms with van der Waals surface area (Å²) in [7, 11) is 1.93. The average molecular weight is 333 g/mol. The minimum Gasteiger partial charge on any atom is -0.373 e. The van der Waals surface area contributed by atoms with E-state index in [0.717, 1.165) is 18.8 Å². The predicted octanol–water partition coefficient (Wildman–Crippen LogP) is 0.529. The first-order chi connectivity index (χ1) is 11.7. The molecule has 0 saturated carbocycles. The molecule has 1 fully saturated rings. The highest BCUT2D eigenvalue weighted by molar-refractivity contribution is 5.78. The summed E-state index contributed by atoms with van der Waals surface area (Å²) < 4.78 is 12.6. The van der Waals surface area contributed by atoms with Crippen molar-refractivity contribution in [3.8, 4) is 0 Å². The normalized spacial score (nSPS) is 21.8. The van der Waals surface area contributed by atoms with E-state index in [1.165, 1.54) is 6.26 Å². The Bertz CT molecular complexity index is 654. The van der Waals surface area contributed by atoms with Crippen LogP contribution in [0, 0.1) is 0 Å². The molecule has 8 heteroatoms. The highest BCUT2D eigenvalue weighted by atomic mass is 16.5. The zero-order valence-corrected chi connectivity index (χ0v) is 14.0. The van der Waals surface area contributed by atoms with Gasteiger partial charge in [0.2, 0.25) is 5.91 Å². The molecule has 1 amide bonds. The van der Waals surface area contributed by atoms with Crippen molar-refractivity contribution in [1.82, 2.24) is 25.2 Å². The second-order valence-electron chi connectivity index (χ2n) is 5.83. The molecule has 2 aromatic heterocycles. The van der Waals surface area contributed by atoms with Crippen molar-refractivity contribution in [3.63, 3.8) is 0 Å². The van der Waals surface area contributed by atoms with Crippen LogP contribution in [-0.4, -0.2) is 58.1 Å². The van der Waals surface area contributed by atoms with E-state index in [1.54, 1.807) is 12.3 Å².